The minimum absolute atomic E-state index is 0.0497. The lowest BCUT2D eigenvalue weighted by Gasteiger charge is -2.25. The Hall–Kier alpha value is -1.75. The fourth-order valence-electron chi connectivity index (χ4n) is 2.78. The molecule has 2 fully saturated rings. The molecule has 3 rings (SSSR count). The van der Waals surface area contributed by atoms with E-state index in [1.165, 1.54) is 0 Å². The van der Waals surface area contributed by atoms with Crippen LogP contribution in [0.5, 0.6) is 0 Å². The molecule has 0 bridgehead atoms. The van der Waals surface area contributed by atoms with Gasteiger partial charge in [-0.05, 0) is 43.5 Å². The van der Waals surface area contributed by atoms with E-state index in [0.717, 1.165) is 56.7 Å². The van der Waals surface area contributed by atoms with Crippen molar-refractivity contribution >= 4 is 11.7 Å². The van der Waals surface area contributed by atoms with Crippen LogP contribution in [0.1, 0.15) is 24.8 Å². The fraction of sp³-hybridized carbons (Fsp3) is 0.533. The van der Waals surface area contributed by atoms with Crippen LogP contribution in [0.15, 0.2) is 24.3 Å². The van der Waals surface area contributed by atoms with Crippen molar-refractivity contribution in [3.8, 4) is 0 Å². The zero-order chi connectivity index (χ0) is 14.0. The Morgan fingerprint density at radius 3 is 2.90 bits per heavy atom. The first kappa shape index (κ1) is 13.2. The predicted molar refractivity (Wildman–Crippen MR) is 79.4 cm³/mol. The second-order valence-corrected chi connectivity index (χ2v) is 5.73. The van der Waals surface area contributed by atoms with Gasteiger partial charge in [-0.25, -0.2) is 4.79 Å². The number of nitrogens with one attached hydrogen (secondary N) is 2. The lowest BCUT2D eigenvalue weighted by atomic mass is 10.0. The van der Waals surface area contributed by atoms with Gasteiger partial charge in [0.1, 0.15) is 0 Å². The maximum atomic E-state index is 12.4. The monoisotopic (exact) mass is 274 g/mol. The van der Waals surface area contributed by atoms with E-state index >= 15 is 0 Å². The molecule has 108 valence electrons. The molecule has 0 unspecified atom stereocenters. The summed E-state index contributed by atoms with van der Waals surface area (Å²) in [4.78, 5) is 14.3. The maximum Gasteiger partial charge on any atom is 0.318 e. The van der Waals surface area contributed by atoms with E-state index in [4.69, 9.17) is 5.73 Å². The van der Waals surface area contributed by atoms with Crippen molar-refractivity contribution in [2.75, 3.05) is 31.9 Å². The minimum atomic E-state index is -0.188. The van der Waals surface area contributed by atoms with Crippen molar-refractivity contribution < 1.29 is 4.79 Å². The van der Waals surface area contributed by atoms with E-state index in [2.05, 4.69) is 10.6 Å². The third-order valence-electron chi connectivity index (χ3n) is 4.16. The summed E-state index contributed by atoms with van der Waals surface area (Å²) >= 11 is 0. The van der Waals surface area contributed by atoms with E-state index in [1.54, 1.807) is 0 Å². The molecule has 1 aliphatic carbocycles. The molecule has 1 heterocycles. The molecule has 20 heavy (non-hydrogen) atoms. The van der Waals surface area contributed by atoms with E-state index < -0.39 is 0 Å². The molecule has 1 aromatic rings. The molecule has 0 atom stereocenters. The molecule has 4 N–H and O–H groups in total. The standard InChI is InChI=1S/C15H22N4O/c16-13-4-1-3-12(11-13)15(5-6-15)18-14(20)19-9-2-7-17-8-10-19/h1,3-4,11,17H,2,5-10,16H2,(H,18,20). The Morgan fingerprint density at radius 1 is 1.30 bits per heavy atom. The summed E-state index contributed by atoms with van der Waals surface area (Å²) in [5.74, 6) is 0. The number of nitrogen functional groups attached to an aromatic ring is 1. The molecule has 1 saturated carbocycles. The van der Waals surface area contributed by atoms with Crippen molar-refractivity contribution in [2.24, 2.45) is 0 Å². The van der Waals surface area contributed by atoms with Gasteiger partial charge in [-0.3, -0.25) is 0 Å². The zero-order valence-electron chi connectivity index (χ0n) is 11.7. The summed E-state index contributed by atoms with van der Waals surface area (Å²) in [5, 5.41) is 6.52. The average Bonchev–Trinajstić information content (AvgIpc) is 3.22. The number of nitrogens with zero attached hydrogens (tertiary/aromatic N) is 1. The molecule has 0 radical (unpaired) electrons. The molecular formula is C15H22N4O. The number of carbonyl (C=O) groups excluding carboxylic acids is 1. The molecule has 5 nitrogen and oxygen atoms in total. The van der Waals surface area contributed by atoms with Crippen LogP contribution in [0.25, 0.3) is 0 Å². The highest BCUT2D eigenvalue weighted by Crippen LogP contribution is 2.46. The Labute approximate surface area is 119 Å². The molecule has 0 aromatic heterocycles. The highest BCUT2D eigenvalue weighted by molar-refractivity contribution is 5.76. The number of amides is 2. The van der Waals surface area contributed by atoms with E-state index in [-0.39, 0.29) is 11.6 Å². The topological polar surface area (TPSA) is 70.4 Å². The normalized spacial score (nSPS) is 21.1. The van der Waals surface area contributed by atoms with Gasteiger partial charge >= 0.3 is 6.03 Å². The van der Waals surface area contributed by atoms with Crippen molar-refractivity contribution in [3.05, 3.63) is 29.8 Å². The van der Waals surface area contributed by atoms with Crippen molar-refractivity contribution in [3.63, 3.8) is 0 Å². The highest BCUT2D eigenvalue weighted by atomic mass is 16.2. The van der Waals surface area contributed by atoms with Crippen molar-refractivity contribution in [2.45, 2.75) is 24.8 Å². The van der Waals surface area contributed by atoms with Gasteiger partial charge in [0.15, 0.2) is 0 Å². The van der Waals surface area contributed by atoms with Gasteiger partial charge in [-0.15, -0.1) is 0 Å². The Bertz CT molecular complexity index is 490. The van der Waals surface area contributed by atoms with E-state index in [9.17, 15) is 4.79 Å². The van der Waals surface area contributed by atoms with Crippen LogP contribution in [0.4, 0.5) is 10.5 Å². The van der Waals surface area contributed by atoms with E-state index in [1.807, 2.05) is 29.2 Å². The average molecular weight is 274 g/mol. The summed E-state index contributed by atoms with van der Waals surface area (Å²) < 4.78 is 0. The van der Waals surface area contributed by atoms with Gasteiger partial charge in [0.05, 0.1) is 5.54 Å². The van der Waals surface area contributed by atoms with Crippen LogP contribution in [0.3, 0.4) is 0 Å². The number of anilines is 1. The Kier molecular flexibility index (Phi) is 3.53. The Balaban J connectivity index is 1.68. The van der Waals surface area contributed by atoms with Gasteiger partial charge in [0.25, 0.3) is 0 Å². The van der Waals surface area contributed by atoms with Crippen molar-refractivity contribution in [1.29, 1.82) is 0 Å². The fourth-order valence-corrected chi connectivity index (χ4v) is 2.78. The van der Waals surface area contributed by atoms with E-state index in [0.29, 0.717) is 0 Å². The molecule has 2 aliphatic rings. The predicted octanol–water partition coefficient (Wildman–Crippen LogP) is 1.26. The maximum absolute atomic E-state index is 12.4. The van der Waals surface area contributed by atoms with Crippen LogP contribution >= 0.6 is 0 Å². The molecule has 5 heteroatoms. The molecular weight excluding hydrogens is 252 g/mol. The molecule has 2 amide bonds. The smallest absolute Gasteiger partial charge is 0.318 e. The van der Waals surface area contributed by atoms with Crippen LogP contribution < -0.4 is 16.4 Å². The van der Waals surface area contributed by atoms with Crippen LogP contribution in [-0.2, 0) is 5.54 Å². The van der Waals surface area contributed by atoms with Crippen LogP contribution in [0, 0.1) is 0 Å². The van der Waals surface area contributed by atoms with Crippen LogP contribution in [0.2, 0.25) is 0 Å². The first-order chi connectivity index (χ1) is 9.70. The van der Waals surface area contributed by atoms with Gasteiger partial charge < -0.3 is 21.3 Å². The number of urea groups is 1. The highest BCUT2D eigenvalue weighted by Gasteiger charge is 2.46. The molecule has 1 saturated heterocycles. The van der Waals surface area contributed by atoms with Gasteiger partial charge in [-0.1, -0.05) is 12.1 Å². The largest absolute Gasteiger partial charge is 0.399 e. The third kappa shape index (κ3) is 2.72. The number of hydrogen-bond acceptors (Lipinski definition) is 3. The number of nitrogens with two attached hydrogens (primary N) is 1. The minimum Gasteiger partial charge on any atom is -0.399 e. The van der Waals surface area contributed by atoms with Gasteiger partial charge in [0, 0.05) is 25.3 Å². The first-order valence-electron chi connectivity index (χ1n) is 7.33. The van der Waals surface area contributed by atoms with Gasteiger partial charge in [0.2, 0.25) is 0 Å². The summed E-state index contributed by atoms with van der Waals surface area (Å²) in [7, 11) is 0. The molecule has 1 aromatic carbocycles. The van der Waals surface area contributed by atoms with Crippen molar-refractivity contribution in [1.82, 2.24) is 15.5 Å². The van der Waals surface area contributed by atoms with Gasteiger partial charge in [-0.2, -0.15) is 0 Å². The quantitative estimate of drug-likeness (QED) is 0.711. The zero-order valence-corrected chi connectivity index (χ0v) is 11.7. The second kappa shape index (κ2) is 5.32. The SMILES string of the molecule is Nc1cccc(C2(NC(=O)N3CCCNCC3)CC2)c1. The number of hydrogen-bond donors (Lipinski definition) is 3. The molecule has 0 spiro atoms. The first-order valence-corrected chi connectivity index (χ1v) is 7.33. The number of benzene rings is 1. The lowest BCUT2D eigenvalue weighted by molar-refractivity contribution is 0.195. The lowest BCUT2D eigenvalue weighted by Crippen LogP contribution is -2.46. The summed E-state index contributed by atoms with van der Waals surface area (Å²) in [6.45, 7) is 3.47. The van der Waals surface area contributed by atoms with Crippen LogP contribution in [-0.4, -0.2) is 37.1 Å². The summed E-state index contributed by atoms with van der Waals surface area (Å²) in [6.07, 6.45) is 3.00. The molecule has 1 aliphatic heterocycles. The second-order valence-electron chi connectivity index (χ2n) is 5.73. The summed E-state index contributed by atoms with van der Waals surface area (Å²) in [6, 6.07) is 7.90. The number of carbonyl (C=O) groups is 1. The Morgan fingerprint density at radius 2 is 2.15 bits per heavy atom. The summed E-state index contributed by atoms with van der Waals surface area (Å²) in [5.41, 5.74) is 7.53. The number of rotatable bonds is 2. The third-order valence-corrected chi connectivity index (χ3v) is 4.16.